The van der Waals surface area contributed by atoms with Crippen LogP contribution in [0.4, 0.5) is 17.6 Å². The molecule has 0 heterocycles. The SMILES string of the molecule is CCOCc1ccc(C(=O)Oc2ccc(-c3ccc(-c4ccc(OC)cc4)c(F)c3F)cc2)c(F)c1F. The van der Waals surface area contributed by atoms with Crippen LogP contribution in [-0.2, 0) is 11.3 Å². The van der Waals surface area contributed by atoms with E-state index in [-0.39, 0.29) is 29.0 Å². The summed E-state index contributed by atoms with van der Waals surface area (Å²) in [6, 6.07) is 17.4. The lowest BCUT2D eigenvalue weighted by atomic mass is 9.98. The summed E-state index contributed by atoms with van der Waals surface area (Å²) in [4.78, 5) is 12.4. The van der Waals surface area contributed by atoms with Gasteiger partial charge in [0.25, 0.3) is 0 Å². The van der Waals surface area contributed by atoms with Crippen molar-refractivity contribution in [2.75, 3.05) is 13.7 Å². The summed E-state index contributed by atoms with van der Waals surface area (Å²) in [5, 5.41) is 0. The third kappa shape index (κ3) is 5.49. The third-order valence-corrected chi connectivity index (χ3v) is 5.70. The number of rotatable bonds is 8. The van der Waals surface area contributed by atoms with Gasteiger partial charge in [-0.1, -0.05) is 42.5 Å². The molecule has 0 N–H and O–H groups in total. The fourth-order valence-electron chi connectivity index (χ4n) is 3.70. The summed E-state index contributed by atoms with van der Waals surface area (Å²) in [7, 11) is 1.51. The molecule has 4 aromatic rings. The number of hydrogen-bond donors (Lipinski definition) is 0. The summed E-state index contributed by atoms with van der Waals surface area (Å²) in [6.07, 6.45) is 0. The minimum absolute atomic E-state index is 0.00522. The van der Waals surface area contributed by atoms with E-state index in [0.29, 0.717) is 23.5 Å². The van der Waals surface area contributed by atoms with Gasteiger partial charge >= 0.3 is 5.97 Å². The first-order chi connectivity index (χ1) is 17.8. The van der Waals surface area contributed by atoms with E-state index in [1.165, 1.54) is 49.6 Å². The predicted octanol–water partition coefficient (Wildman–Crippen LogP) is 7.34. The van der Waals surface area contributed by atoms with Crippen LogP contribution in [0.25, 0.3) is 22.3 Å². The van der Waals surface area contributed by atoms with Gasteiger partial charge in [-0.3, -0.25) is 0 Å². The Morgan fingerprint density at radius 2 is 1.22 bits per heavy atom. The number of halogens is 4. The summed E-state index contributed by atoms with van der Waals surface area (Å²) >= 11 is 0. The number of carbonyl (C=O) groups is 1. The normalized spacial score (nSPS) is 10.9. The molecule has 0 bridgehead atoms. The van der Waals surface area contributed by atoms with Crippen LogP contribution in [0.5, 0.6) is 11.5 Å². The number of esters is 1. The van der Waals surface area contributed by atoms with Gasteiger partial charge in [0.15, 0.2) is 23.3 Å². The van der Waals surface area contributed by atoms with E-state index in [0.717, 1.165) is 6.07 Å². The quantitative estimate of drug-likeness (QED) is 0.141. The van der Waals surface area contributed by atoms with Crippen molar-refractivity contribution in [1.29, 1.82) is 0 Å². The second-order valence-electron chi connectivity index (χ2n) is 7.97. The Morgan fingerprint density at radius 3 is 1.73 bits per heavy atom. The summed E-state index contributed by atoms with van der Waals surface area (Å²) in [5.74, 6) is -5.07. The summed E-state index contributed by atoms with van der Waals surface area (Å²) < 4.78 is 73.7. The zero-order valence-electron chi connectivity index (χ0n) is 20.0. The van der Waals surface area contributed by atoms with Gasteiger partial charge in [0.05, 0.1) is 19.3 Å². The third-order valence-electron chi connectivity index (χ3n) is 5.70. The molecule has 0 spiro atoms. The van der Waals surface area contributed by atoms with Gasteiger partial charge in [0.1, 0.15) is 11.5 Å². The maximum atomic E-state index is 14.9. The van der Waals surface area contributed by atoms with Gasteiger partial charge in [-0.2, -0.15) is 0 Å². The van der Waals surface area contributed by atoms with E-state index in [1.54, 1.807) is 31.2 Å². The lowest BCUT2D eigenvalue weighted by Gasteiger charge is -2.11. The van der Waals surface area contributed by atoms with Gasteiger partial charge < -0.3 is 14.2 Å². The first-order valence-corrected chi connectivity index (χ1v) is 11.3. The van der Waals surface area contributed by atoms with Crippen molar-refractivity contribution in [3.05, 3.63) is 107 Å². The second kappa shape index (κ2) is 11.3. The van der Waals surface area contributed by atoms with Crippen molar-refractivity contribution < 1.29 is 36.6 Å². The van der Waals surface area contributed by atoms with E-state index >= 15 is 0 Å². The average molecular weight is 510 g/mol. The van der Waals surface area contributed by atoms with Gasteiger partial charge in [0, 0.05) is 23.3 Å². The molecule has 0 radical (unpaired) electrons. The van der Waals surface area contributed by atoms with E-state index in [9.17, 15) is 22.4 Å². The first-order valence-electron chi connectivity index (χ1n) is 11.3. The molecule has 37 heavy (non-hydrogen) atoms. The van der Waals surface area contributed by atoms with Crippen molar-refractivity contribution in [3.63, 3.8) is 0 Å². The number of benzene rings is 4. The second-order valence-corrected chi connectivity index (χ2v) is 7.97. The molecular weight excluding hydrogens is 488 g/mol. The molecule has 0 fully saturated rings. The van der Waals surface area contributed by atoms with Crippen LogP contribution in [0.15, 0.2) is 72.8 Å². The molecule has 8 heteroatoms. The maximum Gasteiger partial charge on any atom is 0.346 e. The first kappa shape index (κ1) is 25.9. The minimum Gasteiger partial charge on any atom is -0.497 e. The summed E-state index contributed by atoms with van der Waals surface area (Å²) in [6.45, 7) is 1.91. The van der Waals surface area contributed by atoms with Gasteiger partial charge in [-0.25, -0.2) is 22.4 Å². The number of hydrogen-bond acceptors (Lipinski definition) is 4. The molecule has 190 valence electrons. The number of carbonyl (C=O) groups excluding carboxylic acids is 1. The van der Waals surface area contributed by atoms with Crippen molar-refractivity contribution in [2.24, 2.45) is 0 Å². The molecule has 0 unspecified atom stereocenters. The molecule has 4 nitrogen and oxygen atoms in total. The monoisotopic (exact) mass is 510 g/mol. The van der Waals surface area contributed by atoms with E-state index in [4.69, 9.17) is 14.2 Å². The van der Waals surface area contributed by atoms with Crippen LogP contribution in [0.1, 0.15) is 22.8 Å². The smallest absolute Gasteiger partial charge is 0.346 e. The summed E-state index contributed by atoms with van der Waals surface area (Å²) in [5.41, 5.74) is 0.314. The van der Waals surface area contributed by atoms with Crippen molar-refractivity contribution in [2.45, 2.75) is 13.5 Å². The molecular formula is C29H22F4O4. The minimum atomic E-state index is -1.34. The molecule has 0 aromatic heterocycles. The molecule has 0 saturated carbocycles. The van der Waals surface area contributed by atoms with Gasteiger partial charge in [-0.15, -0.1) is 0 Å². The maximum absolute atomic E-state index is 14.9. The fraction of sp³-hybridized carbons (Fsp3) is 0.138. The molecule has 4 aromatic carbocycles. The molecule has 4 rings (SSSR count). The highest BCUT2D eigenvalue weighted by Crippen LogP contribution is 2.33. The van der Waals surface area contributed by atoms with Crippen LogP contribution >= 0.6 is 0 Å². The fourth-order valence-corrected chi connectivity index (χ4v) is 3.70. The Labute approximate surface area is 211 Å². The zero-order valence-corrected chi connectivity index (χ0v) is 20.0. The van der Waals surface area contributed by atoms with Crippen LogP contribution in [0.3, 0.4) is 0 Å². The van der Waals surface area contributed by atoms with Gasteiger partial charge in [-0.05, 0) is 48.4 Å². The Balaban J connectivity index is 1.52. The molecule has 0 amide bonds. The van der Waals surface area contributed by atoms with Crippen LogP contribution in [0, 0.1) is 23.3 Å². The zero-order chi connectivity index (χ0) is 26.5. The lowest BCUT2D eigenvalue weighted by Crippen LogP contribution is -2.13. The molecule has 0 atom stereocenters. The Kier molecular flexibility index (Phi) is 7.89. The Hall–Kier alpha value is -4.17. The largest absolute Gasteiger partial charge is 0.497 e. The predicted molar refractivity (Wildman–Crippen MR) is 130 cm³/mol. The highest BCUT2D eigenvalue weighted by molar-refractivity contribution is 5.91. The molecule has 0 saturated heterocycles. The van der Waals surface area contributed by atoms with Crippen molar-refractivity contribution >= 4 is 5.97 Å². The van der Waals surface area contributed by atoms with Crippen molar-refractivity contribution in [1.82, 2.24) is 0 Å². The van der Waals surface area contributed by atoms with Crippen LogP contribution in [0.2, 0.25) is 0 Å². The molecule has 0 aliphatic carbocycles. The number of methoxy groups -OCH3 is 1. The number of ether oxygens (including phenoxy) is 3. The lowest BCUT2D eigenvalue weighted by molar-refractivity contribution is 0.0728. The van der Waals surface area contributed by atoms with E-state index in [2.05, 4.69) is 0 Å². The average Bonchev–Trinajstić information content (AvgIpc) is 2.91. The molecule has 0 aliphatic rings. The highest BCUT2D eigenvalue weighted by atomic mass is 19.2. The molecule has 0 aliphatic heterocycles. The highest BCUT2D eigenvalue weighted by Gasteiger charge is 2.21. The standard InChI is InChI=1S/C29H22F4O4/c1-3-36-16-19-8-13-24(28(33)25(19)30)29(34)37-21-11-6-18(7-12-21)23-15-14-22(26(31)27(23)32)17-4-9-20(35-2)10-5-17/h4-15H,3,16H2,1-2H3. The van der Waals surface area contributed by atoms with Crippen LogP contribution in [-0.4, -0.2) is 19.7 Å². The van der Waals surface area contributed by atoms with E-state index in [1.807, 2.05) is 0 Å². The van der Waals surface area contributed by atoms with Crippen molar-refractivity contribution in [3.8, 4) is 33.8 Å². The Bertz CT molecular complexity index is 1420. The van der Waals surface area contributed by atoms with Crippen LogP contribution < -0.4 is 9.47 Å². The van der Waals surface area contributed by atoms with Gasteiger partial charge in [0.2, 0.25) is 0 Å². The van der Waals surface area contributed by atoms with E-state index < -0.39 is 34.8 Å². The Morgan fingerprint density at radius 1 is 0.676 bits per heavy atom. The topological polar surface area (TPSA) is 44.8 Å².